The van der Waals surface area contributed by atoms with Gasteiger partial charge in [0.1, 0.15) is 5.76 Å². The van der Waals surface area contributed by atoms with Crippen LogP contribution in [0.5, 0.6) is 0 Å². The summed E-state index contributed by atoms with van der Waals surface area (Å²) in [7, 11) is 0. The van der Waals surface area contributed by atoms with E-state index in [0.29, 0.717) is 0 Å². The highest BCUT2D eigenvalue weighted by Gasteiger charge is 2.28. The number of carbonyl (C=O) groups is 1. The van der Waals surface area contributed by atoms with Crippen LogP contribution < -0.4 is 11.1 Å². The fourth-order valence-corrected chi connectivity index (χ4v) is 2.86. The predicted octanol–water partition coefficient (Wildman–Crippen LogP) is 2.54. The Kier molecular flexibility index (Phi) is 7.02. The molecule has 0 aromatic carbocycles. The molecule has 1 rings (SSSR count). The molecule has 0 aliphatic heterocycles. The van der Waals surface area contributed by atoms with Crippen molar-refractivity contribution in [2.75, 3.05) is 12.3 Å². The second kappa shape index (κ2) is 8.27. The maximum Gasteiger partial charge on any atom is 0.237 e. The Morgan fingerprint density at radius 1 is 1.53 bits per heavy atom. The fraction of sp³-hybridized carbons (Fsp3) is 0.643. The minimum atomic E-state index is -0.569. The van der Waals surface area contributed by atoms with Crippen LogP contribution in [-0.4, -0.2) is 23.7 Å². The van der Waals surface area contributed by atoms with Gasteiger partial charge in [0.25, 0.3) is 0 Å². The summed E-state index contributed by atoms with van der Waals surface area (Å²) in [6.07, 6.45) is 4.57. The molecule has 1 aromatic rings. The van der Waals surface area contributed by atoms with Crippen LogP contribution in [-0.2, 0) is 10.5 Å². The van der Waals surface area contributed by atoms with Gasteiger partial charge in [-0.05, 0) is 44.2 Å². The summed E-state index contributed by atoms with van der Waals surface area (Å²) in [6.45, 7) is 4.63. The molecule has 108 valence electrons. The van der Waals surface area contributed by atoms with Gasteiger partial charge < -0.3 is 15.5 Å². The number of hydrogen-bond acceptors (Lipinski definition) is 4. The van der Waals surface area contributed by atoms with Crippen LogP contribution in [0.1, 0.15) is 38.9 Å². The van der Waals surface area contributed by atoms with Crippen LogP contribution >= 0.6 is 11.8 Å². The second-order valence-corrected chi connectivity index (χ2v) is 5.92. The molecule has 5 heteroatoms. The smallest absolute Gasteiger partial charge is 0.237 e. The lowest BCUT2D eigenvalue weighted by atomic mass is 9.94. The van der Waals surface area contributed by atoms with Crippen molar-refractivity contribution in [2.45, 2.75) is 44.4 Å². The van der Waals surface area contributed by atoms with Crippen LogP contribution in [0.2, 0.25) is 0 Å². The lowest BCUT2D eigenvalue weighted by molar-refractivity contribution is -0.124. The van der Waals surface area contributed by atoms with Gasteiger partial charge in [-0.2, -0.15) is 11.8 Å². The average molecular weight is 284 g/mol. The maximum atomic E-state index is 11.4. The third-order valence-corrected chi connectivity index (χ3v) is 4.22. The van der Waals surface area contributed by atoms with Crippen LogP contribution in [0.25, 0.3) is 0 Å². The van der Waals surface area contributed by atoms with E-state index in [0.717, 1.165) is 43.1 Å². The highest BCUT2D eigenvalue weighted by Crippen LogP contribution is 2.17. The van der Waals surface area contributed by atoms with Crippen molar-refractivity contribution in [3.63, 3.8) is 0 Å². The molecule has 4 nitrogen and oxygen atoms in total. The molecular weight excluding hydrogens is 260 g/mol. The summed E-state index contributed by atoms with van der Waals surface area (Å²) in [6, 6.07) is 3.90. The molecule has 0 spiro atoms. The van der Waals surface area contributed by atoms with E-state index in [1.807, 2.05) is 37.7 Å². The second-order valence-electron chi connectivity index (χ2n) is 4.82. The van der Waals surface area contributed by atoms with Crippen molar-refractivity contribution >= 4 is 17.7 Å². The van der Waals surface area contributed by atoms with E-state index in [1.165, 1.54) is 0 Å². The third kappa shape index (κ3) is 5.70. The zero-order valence-electron chi connectivity index (χ0n) is 11.8. The number of rotatable bonds is 10. The number of nitrogens with one attached hydrogen (secondary N) is 1. The van der Waals surface area contributed by atoms with Gasteiger partial charge >= 0.3 is 0 Å². The summed E-state index contributed by atoms with van der Waals surface area (Å²) in [5.74, 6) is 2.73. The Balaban J connectivity index is 2.13. The summed E-state index contributed by atoms with van der Waals surface area (Å²) < 4.78 is 5.27. The van der Waals surface area contributed by atoms with Crippen molar-refractivity contribution < 1.29 is 9.21 Å². The fourth-order valence-electron chi connectivity index (χ4n) is 1.94. The van der Waals surface area contributed by atoms with Gasteiger partial charge in [0.2, 0.25) is 5.91 Å². The summed E-state index contributed by atoms with van der Waals surface area (Å²) in [5.41, 5.74) is 4.87. The normalized spacial score (nSPS) is 14.2. The highest BCUT2D eigenvalue weighted by atomic mass is 32.2. The lowest BCUT2D eigenvalue weighted by Gasteiger charge is -2.26. The first-order chi connectivity index (χ1) is 9.08. The Labute approximate surface area is 119 Å². The number of hydrogen-bond donors (Lipinski definition) is 2. The zero-order valence-corrected chi connectivity index (χ0v) is 12.6. The molecule has 0 aliphatic carbocycles. The van der Waals surface area contributed by atoms with Crippen molar-refractivity contribution in [3.8, 4) is 0 Å². The van der Waals surface area contributed by atoms with Gasteiger partial charge in [-0.25, -0.2) is 0 Å². The molecule has 1 heterocycles. The number of amides is 1. The van der Waals surface area contributed by atoms with Crippen LogP contribution in [0.3, 0.4) is 0 Å². The van der Waals surface area contributed by atoms with E-state index < -0.39 is 5.54 Å². The van der Waals surface area contributed by atoms with Crippen molar-refractivity contribution in [3.05, 3.63) is 24.2 Å². The number of primary amides is 1. The maximum absolute atomic E-state index is 11.4. The van der Waals surface area contributed by atoms with Gasteiger partial charge in [-0.15, -0.1) is 0 Å². The van der Waals surface area contributed by atoms with E-state index in [1.54, 1.807) is 6.26 Å². The molecule has 19 heavy (non-hydrogen) atoms. The average Bonchev–Trinajstić information content (AvgIpc) is 2.86. The highest BCUT2D eigenvalue weighted by molar-refractivity contribution is 7.98. The molecule has 3 N–H and O–H groups in total. The quantitative estimate of drug-likeness (QED) is 0.648. The van der Waals surface area contributed by atoms with Crippen LogP contribution in [0, 0.1) is 0 Å². The van der Waals surface area contributed by atoms with Crippen LogP contribution in [0.15, 0.2) is 22.8 Å². The Morgan fingerprint density at radius 2 is 2.32 bits per heavy atom. The molecule has 1 amide bonds. The van der Waals surface area contributed by atoms with E-state index in [4.69, 9.17) is 10.2 Å². The van der Waals surface area contributed by atoms with E-state index >= 15 is 0 Å². The molecule has 0 radical (unpaired) electrons. The number of nitrogens with two attached hydrogens (primary N) is 1. The summed E-state index contributed by atoms with van der Waals surface area (Å²) in [5, 5.41) is 3.18. The number of carbonyl (C=O) groups excluding carboxylic acids is 1. The minimum Gasteiger partial charge on any atom is -0.468 e. The topological polar surface area (TPSA) is 68.3 Å². The van der Waals surface area contributed by atoms with Crippen LogP contribution in [0.4, 0.5) is 0 Å². The molecule has 1 aromatic heterocycles. The van der Waals surface area contributed by atoms with Gasteiger partial charge in [-0.1, -0.05) is 13.3 Å². The number of unbranched alkanes of at least 4 members (excludes halogenated alkanes) is 1. The third-order valence-electron chi connectivity index (χ3n) is 3.15. The molecule has 0 bridgehead atoms. The van der Waals surface area contributed by atoms with Gasteiger partial charge in [0.15, 0.2) is 0 Å². The van der Waals surface area contributed by atoms with E-state index in [-0.39, 0.29) is 5.91 Å². The monoisotopic (exact) mass is 284 g/mol. The molecular formula is C14H24N2O2S. The first-order valence-corrected chi connectivity index (χ1v) is 7.89. The summed E-state index contributed by atoms with van der Waals surface area (Å²) >= 11 is 1.85. The lowest BCUT2D eigenvalue weighted by Crippen LogP contribution is -2.52. The standard InChI is InChI=1S/C14H24N2O2S/c1-3-16-14(2,13(15)17)8-4-5-10-19-11-12-7-6-9-18-12/h6-7,9,16H,3-5,8,10-11H2,1-2H3,(H2,15,17). The molecule has 0 saturated carbocycles. The SMILES string of the molecule is CCNC(C)(CCCCSCc1ccco1)C(N)=O. The minimum absolute atomic E-state index is 0.266. The first-order valence-electron chi connectivity index (χ1n) is 6.73. The predicted molar refractivity (Wildman–Crippen MR) is 80.0 cm³/mol. The Bertz CT molecular complexity index is 368. The van der Waals surface area contributed by atoms with E-state index in [9.17, 15) is 4.79 Å². The van der Waals surface area contributed by atoms with Crippen molar-refractivity contribution in [1.29, 1.82) is 0 Å². The molecule has 0 fully saturated rings. The van der Waals surface area contributed by atoms with Gasteiger partial charge in [0.05, 0.1) is 17.6 Å². The van der Waals surface area contributed by atoms with E-state index in [2.05, 4.69) is 5.32 Å². The zero-order chi connectivity index (χ0) is 14.1. The van der Waals surface area contributed by atoms with Crippen molar-refractivity contribution in [1.82, 2.24) is 5.32 Å². The molecule has 1 atom stereocenters. The summed E-state index contributed by atoms with van der Waals surface area (Å²) in [4.78, 5) is 11.4. The van der Waals surface area contributed by atoms with Gasteiger partial charge in [-0.3, -0.25) is 4.79 Å². The Hall–Kier alpha value is -0.940. The van der Waals surface area contributed by atoms with Gasteiger partial charge in [0, 0.05) is 0 Å². The number of likely N-dealkylation sites (N-methyl/N-ethyl adjacent to an activating group) is 1. The molecule has 0 aliphatic rings. The molecule has 0 saturated heterocycles. The largest absolute Gasteiger partial charge is 0.468 e. The van der Waals surface area contributed by atoms with Crippen molar-refractivity contribution in [2.24, 2.45) is 5.73 Å². The number of furan rings is 1. The number of thioether (sulfide) groups is 1. The first kappa shape index (κ1) is 16.1. The molecule has 1 unspecified atom stereocenters. The Morgan fingerprint density at radius 3 is 2.89 bits per heavy atom.